The van der Waals surface area contributed by atoms with Gasteiger partial charge in [0.15, 0.2) is 0 Å². The van der Waals surface area contributed by atoms with Gasteiger partial charge in [0.05, 0.1) is 22.1 Å². The van der Waals surface area contributed by atoms with Crippen LogP contribution >= 0.6 is 0 Å². The van der Waals surface area contributed by atoms with Gasteiger partial charge in [0.2, 0.25) is 0 Å². The van der Waals surface area contributed by atoms with Gasteiger partial charge in [-0.2, -0.15) is 0 Å². The summed E-state index contributed by atoms with van der Waals surface area (Å²) in [5, 5.41) is 0. The largest absolute Gasteiger partial charge is 0.490 e. The molecule has 0 bridgehead atoms. The molecule has 2 aromatic heterocycles. The molecule has 0 unspecified atom stereocenters. The molecular formula is C28H22N4O2. The lowest BCUT2D eigenvalue weighted by molar-refractivity contribution is 0.217. The van der Waals surface area contributed by atoms with Crippen molar-refractivity contribution >= 4 is 22.1 Å². The number of rotatable bonds is 7. The molecule has 0 atom stereocenters. The summed E-state index contributed by atoms with van der Waals surface area (Å²) < 4.78 is 11.9. The van der Waals surface area contributed by atoms with E-state index in [4.69, 9.17) is 9.47 Å². The van der Waals surface area contributed by atoms with Crippen LogP contribution in [0.4, 0.5) is 0 Å². The van der Waals surface area contributed by atoms with Crippen LogP contribution in [0.5, 0.6) is 11.5 Å². The minimum atomic E-state index is 0.429. The van der Waals surface area contributed by atoms with Crippen LogP contribution in [0.15, 0.2) is 97.1 Å². The van der Waals surface area contributed by atoms with Crippen molar-refractivity contribution in [1.29, 1.82) is 0 Å². The molecule has 6 nitrogen and oxygen atoms in total. The van der Waals surface area contributed by atoms with Crippen molar-refractivity contribution in [3.05, 3.63) is 97.1 Å². The van der Waals surface area contributed by atoms with E-state index in [1.54, 1.807) is 0 Å². The molecule has 6 rings (SSSR count). The highest BCUT2D eigenvalue weighted by molar-refractivity contribution is 5.80. The molecule has 6 aromatic rings. The Kier molecular flexibility index (Phi) is 5.16. The van der Waals surface area contributed by atoms with Crippen molar-refractivity contribution in [2.45, 2.75) is 0 Å². The zero-order valence-electron chi connectivity index (χ0n) is 18.4. The number of fused-ring (bicyclic) bond motifs is 2. The number of H-pyrrole nitrogens is 2. The molecule has 34 heavy (non-hydrogen) atoms. The molecule has 2 heterocycles. The molecule has 0 radical (unpaired) electrons. The molecular weight excluding hydrogens is 424 g/mol. The molecule has 0 aliphatic rings. The third-order valence-electron chi connectivity index (χ3n) is 5.61. The SMILES string of the molecule is c1cc(OCCOc2cccc(-c3nc4ccccc4[nH]3)c2)cc(-c2nc3ccccc3[nH]2)c1. The van der Waals surface area contributed by atoms with E-state index in [2.05, 4.69) is 19.9 Å². The normalized spacial score (nSPS) is 11.2. The first-order valence-corrected chi connectivity index (χ1v) is 11.2. The Morgan fingerprint density at radius 1 is 0.529 bits per heavy atom. The van der Waals surface area contributed by atoms with Crippen molar-refractivity contribution in [1.82, 2.24) is 19.9 Å². The van der Waals surface area contributed by atoms with Gasteiger partial charge in [-0.15, -0.1) is 0 Å². The Morgan fingerprint density at radius 3 is 1.47 bits per heavy atom. The van der Waals surface area contributed by atoms with E-state index in [9.17, 15) is 0 Å². The van der Waals surface area contributed by atoms with Gasteiger partial charge in [0.1, 0.15) is 36.4 Å². The maximum absolute atomic E-state index is 5.93. The molecule has 6 heteroatoms. The van der Waals surface area contributed by atoms with Gasteiger partial charge in [0.25, 0.3) is 0 Å². The van der Waals surface area contributed by atoms with Crippen molar-refractivity contribution in [2.24, 2.45) is 0 Å². The summed E-state index contributed by atoms with van der Waals surface area (Å²) in [6.45, 7) is 0.858. The summed E-state index contributed by atoms with van der Waals surface area (Å²) in [4.78, 5) is 16.0. The molecule has 0 saturated carbocycles. The second-order valence-corrected chi connectivity index (χ2v) is 7.96. The lowest BCUT2D eigenvalue weighted by Gasteiger charge is -2.10. The average molecular weight is 447 g/mol. The lowest BCUT2D eigenvalue weighted by atomic mass is 10.2. The Bertz CT molecular complexity index is 1400. The number of nitrogens with zero attached hydrogens (tertiary/aromatic N) is 2. The van der Waals surface area contributed by atoms with E-state index in [1.165, 1.54) is 0 Å². The van der Waals surface area contributed by atoms with Gasteiger partial charge in [-0.1, -0.05) is 48.5 Å². The maximum Gasteiger partial charge on any atom is 0.138 e. The van der Waals surface area contributed by atoms with Crippen LogP contribution in [-0.4, -0.2) is 33.1 Å². The van der Waals surface area contributed by atoms with Crippen LogP contribution in [0.1, 0.15) is 0 Å². The van der Waals surface area contributed by atoms with Crippen molar-refractivity contribution < 1.29 is 9.47 Å². The molecule has 166 valence electrons. The molecule has 2 N–H and O–H groups in total. The first-order valence-electron chi connectivity index (χ1n) is 11.2. The maximum atomic E-state index is 5.93. The second kappa shape index (κ2) is 8.75. The predicted molar refractivity (Wildman–Crippen MR) is 134 cm³/mol. The number of hydrogen-bond acceptors (Lipinski definition) is 4. The first-order chi connectivity index (χ1) is 16.8. The number of aromatic nitrogens is 4. The number of aromatic amines is 2. The Balaban J connectivity index is 1.09. The highest BCUT2D eigenvalue weighted by Gasteiger charge is 2.08. The first kappa shape index (κ1) is 20.1. The smallest absolute Gasteiger partial charge is 0.138 e. The number of nitrogens with one attached hydrogen (secondary N) is 2. The van der Waals surface area contributed by atoms with Crippen molar-refractivity contribution in [3.63, 3.8) is 0 Å². The zero-order chi connectivity index (χ0) is 22.7. The summed E-state index contributed by atoms with van der Waals surface area (Å²) >= 11 is 0. The Hall–Kier alpha value is -4.58. The van der Waals surface area contributed by atoms with Crippen molar-refractivity contribution in [2.75, 3.05) is 13.2 Å². The monoisotopic (exact) mass is 446 g/mol. The van der Waals surface area contributed by atoms with Gasteiger partial charge in [-0.05, 0) is 48.5 Å². The fraction of sp³-hybridized carbons (Fsp3) is 0.0714. The minimum absolute atomic E-state index is 0.429. The summed E-state index contributed by atoms with van der Waals surface area (Å²) in [5.41, 5.74) is 5.88. The molecule has 0 amide bonds. The molecule has 0 aliphatic carbocycles. The van der Waals surface area contributed by atoms with Gasteiger partial charge >= 0.3 is 0 Å². The molecule has 4 aromatic carbocycles. The minimum Gasteiger partial charge on any atom is -0.490 e. The number of imidazole rings is 2. The molecule has 0 aliphatic heterocycles. The summed E-state index contributed by atoms with van der Waals surface area (Å²) in [6, 6.07) is 31.8. The van der Waals surface area contributed by atoms with Crippen LogP contribution in [0.25, 0.3) is 44.8 Å². The van der Waals surface area contributed by atoms with Crippen LogP contribution in [-0.2, 0) is 0 Å². The van der Waals surface area contributed by atoms with Crippen LogP contribution in [0.2, 0.25) is 0 Å². The topological polar surface area (TPSA) is 75.8 Å². The number of para-hydroxylation sites is 4. The molecule has 0 fully saturated rings. The number of benzene rings is 4. The van der Waals surface area contributed by atoms with E-state index in [0.717, 1.165) is 56.3 Å². The molecule has 0 saturated heterocycles. The fourth-order valence-corrected chi connectivity index (χ4v) is 3.96. The molecule has 0 spiro atoms. The number of hydrogen-bond donors (Lipinski definition) is 2. The summed E-state index contributed by atoms with van der Waals surface area (Å²) in [7, 11) is 0. The number of ether oxygens (including phenoxy) is 2. The average Bonchev–Trinajstić information content (AvgIpc) is 3.52. The van der Waals surface area contributed by atoms with E-state index in [0.29, 0.717) is 13.2 Å². The zero-order valence-corrected chi connectivity index (χ0v) is 18.4. The Labute approximate surface area is 196 Å². The summed E-state index contributed by atoms with van der Waals surface area (Å²) in [5.74, 6) is 3.20. The quantitative estimate of drug-likeness (QED) is 0.285. The van der Waals surface area contributed by atoms with Gasteiger partial charge < -0.3 is 19.4 Å². The van der Waals surface area contributed by atoms with E-state index in [1.807, 2.05) is 97.1 Å². The second-order valence-electron chi connectivity index (χ2n) is 7.96. The third-order valence-corrected chi connectivity index (χ3v) is 5.61. The van der Waals surface area contributed by atoms with E-state index < -0.39 is 0 Å². The van der Waals surface area contributed by atoms with Gasteiger partial charge in [-0.25, -0.2) is 9.97 Å². The van der Waals surface area contributed by atoms with Crippen molar-refractivity contribution in [3.8, 4) is 34.3 Å². The van der Waals surface area contributed by atoms with Crippen LogP contribution in [0.3, 0.4) is 0 Å². The lowest BCUT2D eigenvalue weighted by Crippen LogP contribution is -2.09. The highest BCUT2D eigenvalue weighted by atomic mass is 16.5. The highest BCUT2D eigenvalue weighted by Crippen LogP contribution is 2.25. The van der Waals surface area contributed by atoms with Gasteiger partial charge in [0, 0.05) is 11.1 Å². The Morgan fingerprint density at radius 2 is 1.00 bits per heavy atom. The standard InChI is InChI=1S/C28H22N4O2/c1-2-12-24-23(11-1)29-27(30-24)19-7-5-9-21(17-19)33-15-16-34-22-10-6-8-20(18-22)28-31-25-13-3-4-14-26(25)32-28/h1-14,17-18H,15-16H2,(H,29,30)(H,31,32). The van der Waals surface area contributed by atoms with Gasteiger partial charge in [-0.3, -0.25) is 0 Å². The third kappa shape index (κ3) is 4.09. The van der Waals surface area contributed by atoms with Crippen LogP contribution in [0, 0.1) is 0 Å². The van der Waals surface area contributed by atoms with E-state index >= 15 is 0 Å². The van der Waals surface area contributed by atoms with E-state index in [-0.39, 0.29) is 0 Å². The van der Waals surface area contributed by atoms with Crippen LogP contribution < -0.4 is 9.47 Å². The fourth-order valence-electron chi connectivity index (χ4n) is 3.96. The summed E-state index contributed by atoms with van der Waals surface area (Å²) in [6.07, 6.45) is 0. The predicted octanol–water partition coefficient (Wildman–Crippen LogP) is 6.23.